The molecule has 17 heavy (non-hydrogen) atoms. The molecule has 3 heteroatoms. The third kappa shape index (κ3) is 3.86. The Hall–Kier alpha value is -1.35. The van der Waals surface area contributed by atoms with Crippen LogP contribution in [0.5, 0.6) is 5.75 Å². The molecule has 0 aliphatic carbocycles. The van der Waals surface area contributed by atoms with E-state index in [-0.39, 0.29) is 5.78 Å². The molecule has 0 saturated heterocycles. The summed E-state index contributed by atoms with van der Waals surface area (Å²) in [5, 5.41) is 0. The number of carbonyl (C=O) groups is 1. The minimum Gasteiger partial charge on any atom is -0.496 e. The van der Waals surface area contributed by atoms with E-state index in [1.165, 1.54) is 0 Å². The highest BCUT2D eigenvalue weighted by Gasteiger charge is 2.20. The third-order valence-electron chi connectivity index (χ3n) is 2.59. The van der Waals surface area contributed by atoms with Crippen molar-refractivity contribution in [3.8, 4) is 5.75 Å². The summed E-state index contributed by atoms with van der Waals surface area (Å²) < 4.78 is 5.22. The number of carbonyl (C=O) groups excluding carboxylic acids is 1. The van der Waals surface area contributed by atoms with Crippen LogP contribution in [-0.4, -0.2) is 18.4 Å². The van der Waals surface area contributed by atoms with Crippen molar-refractivity contribution in [2.24, 2.45) is 5.73 Å². The summed E-state index contributed by atoms with van der Waals surface area (Å²) in [5.74, 6) is 0.654. The number of hydrogen-bond donors (Lipinski definition) is 1. The van der Waals surface area contributed by atoms with Crippen LogP contribution in [0.1, 0.15) is 43.1 Å². The van der Waals surface area contributed by atoms with Gasteiger partial charge in [-0.2, -0.15) is 0 Å². The van der Waals surface area contributed by atoms with Gasteiger partial charge in [-0.1, -0.05) is 13.0 Å². The van der Waals surface area contributed by atoms with E-state index in [9.17, 15) is 4.79 Å². The van der Waals surface area contributed by atoms with Crippen LogP contribution in [0.25, 0.3) is 0 Å². The lowest BCUT2D eigenvalue weighted by molar-refractivity contribution is 0.0957. The number of nitrogens with two attached hydrogens (primary N) is 1. The molecule has 0 bridgehead atoms. The summed E-state index contributed by atoms with van der Waals surface area (Å²) in [6.07, 6.45) is 1.22. The summed E-state index contributed by atoms with van der Waals surface area (Å²) in [4.78, 5) is 12.1. The van der Waals surface area contributed by atoms with E-state index >= 15 is 0 Å². The molecule has 1 aromatic rings. The lowest BCUT2D eigenvalue weighted by Gasteiger charge is -2.18. The maximum Gasteiger partial charge on any atom is 0.168 e. The molecule has 94 valence electrons. The van der Waals surface area contributed by atoms with Gasteiger partial charge in [-0.05, 0) is 38.0 Å². The van der Waals surface area contributed by atoms with Crippen molar-refractivity contribution in [1.29, 1.82) is 0 Å². The van der Waals surface area contributed by atoms with Gasteiger partial charge in [0.15, 0.2) is 5.78 Å². The fourth-order valence-corrected chi connectivity index (χ4v) is 1.70. The molecule has 2 N–H and O–H groups in total. The Labute approximate surface area is 103 Å². The van der Waals surface area contributed by atoms with E-state index in [1.807, 2.05) is 32.0 Å². The minimum atomic E-state index is -0.496. The fourth-order valence-electron chi connectivity index (χ4n) is 1.70. The number of rotatable bonds is 5. The van der Waals surface area contributed by atoms with Gasteiger partial charge >= 0.3 is 0 Å². The Morgan fingerprint density at radius 3 is 2.53 bits per heavy atom. The minimum absolute atomic E-state index is 0.0321. The maximum absolute atomic E-state index is 12.1. The van der Waals surface area contributed by atoms with E-state index in [0.29, 0.717) is 17.7 Å². The molecule has 0 amide bonds. The molecule has 0 unspecified atom stereocenters. The topological polar surface area (TPSA) is 52.3 Å². The number of aryl methyl sites for hydroxylation is 1. The average molecular weight is 235 g/mol. The van der Waals surface area contributed by atoms with Gasteiger partial charge in [-0.15, -0.1) is 0 Å². The van der Waals surface area contributed by atoms with Crippen LogP contribution in [0.4, 0.5) is 0 Å². The molecule has 0 aromatic heterocycles. The van der Waals surface area contributed by atoms with Gasteiger partial charge in [-0.25, -0.2) is 0 Å². The van der Waals surface area contributed by atoms with E-state index < -0.39 is 5.54 Å². The molecule has 1 aromatic carbocycles. The van der Waals surface area contributed by atoms with Crippen molar-refractivity contribution in [2.75, 3.05) is 7.11 Å². The number of Topliss-reactive ketones (excluding diaryl/α,β-unsaturated/α-hetero) is 1. The van der Waals surface area contributed by atoms with E-state index in [1.54, 1.807) is 7.11 Å². The molecule has 3 nitrogen and oxygen atoms in total. The molecule has 0 spiro atoms. The lowest BCUT2D eigenvalue weighted by Crippen LogP contribution is -2.34. The average Bonchev–Trinajstić information content (AvgIpc) is 2.25. The van der Waals surface area contributed by atoms with E-state index in [2.05, 4.69) is 6.92 Å². The molecule has 1 rings (SSSR count). The molecule has 0 radical (unpaired) electrons. The van der Waals surface area contributed by atoms with Crippen LogP contribution >= 0.6 is 0 Å². The number of hydrogen-bond acceptors (Lipinski definition) is 3. The molecule has 0 atom stereocenters. The number of benzene rings is 1. The Morgan fingerprint density at radius 1 is 1.41 bits per heavy atom. The van der Waals surface area contributed by atoms with E-state index in [0.717, 1.165) is 12.0 Å². The summed E-state index contributed by atoms with van der Waals surface area (Å²) in [7, 11) is 1.57. The summed E-state index contributed by atoms with van der Waals surface area (Å²) >= 11 is 0. The van der Waals surface area contributed by atoms with Crippen molar-refractivity contribution in [2.45, 2.75) is 39.2 Å². The lowest BCUT2D eigenvalue weighted by atomic mass is 9.94. The van der Waals surface area contributed by atoms with Gasteiger partial charge in [0.2, 0.25) is 0 Å². The van der Waals surface area contributed by atoms with Crippen molar-refractivity contribution < 1.29 is 9.53 Å². The van der Waals surface area contributed by atoms with Gasteiger partial charge < -0.3 is 10.5 Å². The van der Waals surface area contributed by atoms with Crippen molar-refractivity contribution in [3.63, 3.8) is 0 Å². The number of ether oxygens (including phenoxy) is 1. The van der Waals surface area contributed by atoms with Gasteiger partial charge in [0, 0.05) is 12.0 Å². The smallest absolute Gasteiger partial charge is 0.168 e. The highest BCUT2D eigenvalue weighted by Crippen LogP contribution is 2.23. The first kappa shape index (κ1) is 13.7. The van der Waals surface area contributed by atoms with Gasteiger partial charge in [0.05, 0.1) is 12.7 Å². The Bertz CT molecular complexity index is 405. The second-order valence-corrected chi connectivity index (χ2v) is 4.98. The summed E-state index contributed by atoms with van der Waals surface area (Å²) in [6, 6.07) is 5.71. The second-order valence-electron chi connectivity index (χ2n) is 4.98. The monoisotopic (exact) mass is 235 g/mol. The zero-order valence-electron chi connectivity index (χ0n) is 11.0. The standard InChI is InChI=1S/C14H21NO2/c1-5-10-6-7-13(17-4)11(8-10)12(16)9-14(2,3)15/h6-8H,5,9,15H2,1-4H3. The van der Waals surface area contributed by atoms with E-state index in [4.69, 9.17) is 10.5 Å². The molecular formula is C14H21NO2. The van der Waals surface area contributed by atoms with Crippen LogP contribution in [0, 0.1) is 0 Å². The molecule has 0 fully saturated rings. The normalized spacial score (nSPS) is 11.4. The van der Waals surface area contributed by atoms with Crippen molar-refractivity contribution in [1.82, 2.24) is 0 Å². The van der Waals surface area contributed by atoms with Crippen LogP contribution in [0.2, 0.25) is 0 Å². The largest absolute Gasteiger partial charge is 0.496 e. The van der Waals surface area contributed by atoms with Gasteiger partial charge in [-0.3, -0.25) is 4.79 Å². The number of methoxy groups -OCH3 is 1. The fraction of sp³-hybridized carbons (Fsp3) is 0.500. The molecule has 0 aliphatic rings. The maximum atomic E-state index is 12.1. The first-order valence-electron chi connectivity index (χ1n) is 5.86. The van der Waals surface area contributed by atoms with Gasteiger partial charge in [0.25, 0.3) is 0 Å². The van der Waals surface area contributed by atoms with Crippen LogP contribution in [0.15, 0.2) is 18.2 Å². The predicted molar refractivity (Wildman–Crippen MR) is 69.6 cm³/mol. The van der Waals surface area contributed by atoms with Crippen LogP contribution < -0.4 is 10.5 Å². The first-order chi connectivity index (χ1) is 7.87. The summed E-state index contributed by atoms with van der Waals surface area (Å²) in [5.41, 5.74) is 7.14. The molecular weight excluding hydrogens is 214 g/mol. The summed E-state index contributed by atoms with van der Waals surface area (Å²) in [6.45, 7) is 5.75. The quantitative estimate of drug-likeness (QED) is 0.798. The zero-order valence-corrected chi connectivity index (χ0v) is 11.0. The second kappa shape index (κ2) is 5.32. The highest BCUT2D eigenvalue weighted by atomic mass is 16.5. The molecule has 0 aliphatic heterocycles. The molecule has 0 heterocycles. The Balaban J connectivity index is 3.05. The Kier molecular flexibility index (Phi) is 4.29. The van der Waals surface area contributed by atoms with Crippen LogP contribution in [0.3, 0.4) is 0 Å². The first-order valence-corrected chi connectivity index (χ1v) is 5.86. The SMILES string of the molecule is CCc1ccc(OC)c(C(=O)CC(C)(C)N)c1. The molecule has 0 saturated carbocycles. The van der Waals surface area contributed by atoms with Crippen molar-refractivity contribution in [3.05, 3.63) is 29.3 Å². The van der Waals surface area contributed by atoms with Crippen molar-refractivity contribution >= 4 is 5.78 Å². The third-order valence-corrected chi connectivity index (χ3v) is 2.59. The van der Waals surface area contributed by atoms with Crippen LogP contribution in [-0.2, 0) is 6.42 Å². The highest BCUT2D eigenvalue weighted by molar-refractivity contribution is 5.99. The predicted octanol–water partition coefficient (Wildman–Crippen LogP) is 2.57. The zero-order chi connectivity index (χ0) is 13.1. The Morgan fingerprint density at radius 2 is 2.06 bits per heavy atom. The van der Waals surface area contributed by atoms with Gasteiger partial charge in [0.1, 0.15) is 5.75 Å². The number of ketones is 1.